The van der Waals surface area contributed by atoms with E-state index < -0.39 is 0 Å². The van der Waals surface area contributed by atoms with E-state index in [1.165, 1.54) is 6.21 Å². The van der Waals surface area contributed by atoms with Crippen molar-refractivity contribution in [1.29, 1.82) is 0 Å². The van der Waals surface area contributed by atoms with Crippen LogP contribution in [0.3, 0.4) is 0 Å². The molecule has 7 nitrogen and oxygen atoms in total. The minimum atomic E-state index is -0.365. The predicted octanol–water partition coefficient (Wildman–Crippen LogP) is 2.78. The number of rotatable bonds is 5. The van der Waals surface area contributed by atoms with Crippen LogP contribution in [-0.4, -0.2) is 28.8 Å². The second-order valence-electron chi connectivity index (χ2n) is 6.64. The highest BCUT2D eigenvalue weighted by molar-refractivity contribution is 5.98. The number of carbonyl (C=O) groups is 1. The molecule has 3 aromatic rings. The van der Waals surface area contributed by atoms with Crippen LogP contribution in [0.2, 0.25) is 0 Å². The van der Waals surface area contributed by atoms with Gasteiger partial charge >= 0.3 is 0 Å². The molecule has 0 unspecified atom stereocenters. The lowest BCUT2D eigenvalue weighted by atomic mass is 10.1. The number of fused-ring (bicyclic) bond motifs is 2. The van der Waals surface area contributed by atoms with Gasteiger partial charge in [0.15, 0.2) is 0 Å². The largest absolute Gasteiger partial charge is 0.496 e. The number of ether oxygens (including phenoxy) is 1. The van der Waals surface area contributed by atoms with Gasteiger partial charge in [-0.3, -0.25) is 14.2 Å². The second kappa shape index (κ2) is 8.10. The summed E-state index contributed by atoms with van der Waals surface area (Å²) in [4.78, 5) is 29.4. The average molecular weight is 388 g/mol. The summed E-state index contributed by atoms with van der Waals surface area (Å²) >= 11 is 0. The summed E-state index contributed by atoms with van der Waals surface area (Å²) in [5, 5.41) is 4.46. The van der Waals surface area contributed by atoms with Crippen molar-refractivity contribution in [3.63, 3.8) is 0 Å². The van der Waals surface area contributed by atoms with Gasteiger partial charge < -0.3 is 4.74 Å². The van der Waals surface area contributed by atoms with Gasteiger partial charge in [-0.2, -0.15) is 5.10 Å². The Bertz CT molecular complexity index is 1190. The first-order valence-electron chi connectivity index (χ1n) is 9.34. The first-order chi connectivity index (χ1) is 14.2. The van der Waals surface area contributed by atoms with Crippen LogP contribution in [0.1, 0.15) is 28.2 Å². The fourth-order valence-electron chi connectivity index (χ4n) is 3.38. The number of hydrogen-bond donors (Lipinski definition) is 1. The summed E-state index contributed by atoms with van der Waals surface area (Å²) in [7, 11) is 1.61. The van der Waals surface area contributed by atoms with E-state index in [4.69, 9.17) is 4.74 Å². The lowest BCUT2D eigenvalue weighted by Crippen LogP contribution is -2.22. The summed E-state index contributed by atoms with van der Waals surface area (Å²) in [5.74, 6) is 1.17. The molecule has 1 amide bonds. The number of hydrazone groups is 1. The van der Waals surface area contributed by atoms with Gasteiger partial charge in [0.1, 0.15) is 11.6 Å². The smallest absolute Gasteiger partial charge is 0.271 e. The standard InChI is InChI=1S/C22H20N4O3/c1-29-19-8-3-2-6-15(19)7-4-12-23-25-21(27)16-10-11-17-18(14-16)24-20-9-5-13-26(20)22(17)28/h2-4,6-8,10-12,14H,5,9,13H2,1H3,(H,25,27)/b7-4+,23-12-. The molecule has 0 saturated carbocycles. The average Bonchev–Trinajstić information content (AvgIpc) is 3.22. The summed E-state index contributed by atoms with van der Waals surface area (Å²) < 4.78 is 6.98. The molecule has 0 radical (unpaired) electrons. The third kappa shape index (κ3) is 3.80. The van der Waals surface area contributed by atoms with Gasteiger partial charge in [0.05, 0.1) is 18.0 Å². The molecule has 0 fully saturated rings. The number of carbonyl (C=O) groups excluding carboxylic acids is 1. The Labute approximate surface area is 167 Å². The number of hydrogen-bond acceptors (Lipinski definition) is 5. The lowest BCUT2D eigenvalue weighted by Gasteiger charge is -2.06. The van der Waals surface area contributed by atoms with Gasteiger partial charge in [0.25, 0.3) is 11.5 Å². The zero-order chi connectivity index (χ0) is 20.2. The van der Waals surface area contributed by atoms with Gasteiger partial charge in [-0.15, -0.1) is 0 Å². The monoisotopic (exact) mass is 388 g/mol. The van der Waals surface area contributed by atoms with Crippen LogP contribution in [-0.2, 0) is 13.0 Å². The van der Waals surface area contributed by atoms with Crippen LogP contribution in [0.15, 0.2) is 58.4 Å². The number of para-hydroxylation sites is 1. The van der Waals surface area contributed by atoms with Gasteiger partial charge in [0, 0.05) is 30.3 Å². The van der Waals surface area contributed by atoms with Crippen molar-refractivity contribution in [2.75, 3.05) is 7.11 Å². The van der Waals surface area contributed by atoms with Crippen molar-refractivity contribution >= 4 is 29.1 Å². The topological polar surface area (TPSA) is 85.6 Å². The summed E-state index contributed by atoms with van der Waals surface area (Å²) in [6.07, 6.45) is 6.74. The number of methoxy groups -OCH3 is 1. The molecule has 0 aliphatic carbocycles. The van der Waals surface area contributed by atoms with Gasteiger partial charge in [-0.25, -0.2) is 10.4 Å². The Morgan fingerprint density at radius 3 is 3.00 bits per heavy atom. The molecule has 1 aromatic heterocycles. The second-order valence-corrected chi connectivity index (χ2v) is 6.64. The minimum Gasteiger partial charge on any atom is -0.496 e. The maximum absolute atomic E-state index is 12.5. The Balaban J connectivity index is 1.46. The minimum absolute atomic E-state index is 0.0473. The number of nitrogens with one attached hydrogen (secondary N) is 1. The van der Waals surface area contributed by atoms with E-state index in [-0.39, 0.29) is 11.5 Å². The highest BCUT2D eigenvalue weighted by Gasteiger charge is 2.16. The molecule has 0 bridgehead atoms. The zero-order valence-electron chi connectivity index (χ0n) is 16.0. The van der Waals surface area contributed by atoms with E-state index in [1.807, 2.05) is 30.3 Å². The number of aryl methyl sites for hydroxylation is 1. The van der Waals surface area contributed by atoms with Gasteiger partial charge in [0.2, 0.25) is 0 Å². The molecule has 7 heteroatoms. The third-order valence-corrected chi connectivity index (χ3v) is 4.82. The first-order valence-corrected chi connectivity index (χ1v) is 9.34. The van der Waals surface area contributed by atoms with E-state index in [9.17, 15) is 9.59 Å². The molecule has 29 heavy (non-hydrogen) atoms. The Hall–Kier alpha value is -3.74. The highest BCUT2D eigenvalue weighted by atomic mass is 16.5. The number of allylic oxidation sites excluding steroid dienone is 1. The lowest BCUT2D eigenvalue weighted by molar-refractivity contribution is 0.0955. The molecule has 0 atom stereocenters. The molecule has 0 spiro atoms. The summed E-state index contributed by atoms with van der Waals surface area (Å²) in [5.41, 5.74) is 4.28. The van der Waals surface area contributed by atoms with Crippen molar-refractivity contribution in [3.05, 3.63) is 75.8 Å². The van der Waals surface area contributed by atoms with Crippen molar-refractivity contribution in [2.45, 2.75) is 19.4 Å². The molecule has 0 saturated heterocycles. The molecule has 146 valence electrons. The van der Waals surface area contributed by atoms with E-state index in [0.717, 1.165) is 30.0 Å². The Morgan fingerprint density at radius 1 is 1.28 bits per heavy atom. The zero-order valence-corrected chi connectivity index (χ0v) is 16.0. The SMILES string of the molecule is COc1ccccc1/C=C/C=N\NC(=O)c1ccc2c(=O)n3c(nc2c1)CCC3. The fraction of sp³-hybridized carbons (Fsp3) is 0.182. The van der Waals surface area contributed by atoms with Crippen molar-refractivity contribution in [1.82, 2.24) is 15.0 Å². The molecule has 1 aliphatic rings. The fourth-order valence-corrected chi connectivity index (χ4v) is 3.38. The van der Waals surface area contributed by atoms with E-state index in [1.54, 1.807) is 36.0 Å². The summed E-state index contributed by atoms with van der Waals surface area (Å²) in [6, 6.07) is 12.5. The number of nitrogens with zero attached hydrogens (tertiary/aromatic N) is 3. The van der Waals surface area contributed by atoms with Crippen LogP contribution in [0.4, 0.5) is 0 Å². The van der Waals surface area contributed by atoms with Crippen molar-refractivity contribution < 1.29 is 9.53 Å². The van der Waals surface area contributed by atoms with Crippen LogP contribution in [0.25, 0.3) is 17.0 Å². The summed E-state index contributed by atoms with van der Waals surface area (Å²) in [6.45, 7) is 0.705. The third-order valence-electron chi connectivity index (χ3n) is 4.82. The van der Waals surface area contributed by atoms with E-state index in [0.29, 0.717) is 23.0 Å². The maximum Gasteiger partial charge on any atom is 0.271 e. The molecule has 1 aliphatic heterocycles. The number of amides is 1. The normalized spacial score (nSPS) is 13.3. The van der Waals surface area contributed by atoms with Crippen molar-refractivity contribution in [2.24, 2.45) is 5.10 Å². The molecule has 2 aromatic carbocycles. The van der Waals surface area contributed by atoms with Crippen LogP contribution >= 0.6 is 0 Å². The maximum atomic E-state index is 12.5. The van der Waals surface area contributed by atoms with Gasteiger partial charge in [-0.1, -0.05) is 18.2 Å². The van der Waals surface area contributed by atoms with E-state index in [2.05, 4.69) is 15.5 Å². The number of aromatic nitrogens is 2. The Kier molecular flexibility index (Phi) is 5.20. The van der Waals surface area contributed by atoms with Crippen LogP contribution in [0.5, 0.6) is 5.75 Å². The molecular formula is C22H20N4O3. The van der Waals surface area contributed by atoms with E-state index >= 15 is 0 Å². The molecule has 1 N–H and O–H groups in total. The predicted molar refractivity (Wildman–Crippen MR) is 112 cm³/mol. The molecular weight excluding hydrogens is 368 g/mol. The first kappa shape index (κ1) is 18.6. The molecule has 2 heterocycles. The quantitative estimate of drug-likeness (QED) is 0.538. The Morgan fingerprint density at radius 2 is 2.14 bits per heavy atom. The van der Waals surface area contributed by atoms with Crippen LogP contribution < -0.4 is 15.7 Å². The van der Waals surface area contributed by atoms with Crippen molar-refractivity contribution in [3.8, 4) is 5.75 Å². The van der Waals surface area contributed by atoms with Crippen LogP contribution in [0, 0.1) is 0 Å². The van der Waals surface area contributed by atoms with Gasteiger partial charge in [-0.05, 0) is 42.8 Å². The number of benzene rings is 2. The highest BCUT2D eigenvalue weighted by Crippen LogP contribution is 2.18. The molecule has 4 rings (SSSR count).